The first-order valence-electron chi connectivity index (χ1n) is 13.0. The number of carbonyl (C=O) groups is 1. The zero-order chi connectivity index (χ0) is 26.4. The van der Waals surface area contributed by atoms with Crippen molar-refractivity contribution < 1.29 is 36.2 Å². The van der Waals surface area contributed by atoms with Crippen LogP contribution in [0.2, 0.25) is 0 Å². The monoisotopic (exact) mass is 532 g/mol. The van der Waals surface area contributed by atoms with Crippen molar-refractivity contribution in [3.8, 4) is 0 Å². The zero-order valence-electron chi connectivity index (χ0n) is 20.8. The number of carbonyl (C=O) groups excluding carboxylic acids is 1. The summed E-state index contributed by atoms with van der Waals surface area (Å²) in [7, 11) is 1.65. The molecule has 12 heteroatoms. The minimum Gasteiger partial charge on any atom is -0.379 e. The molecular weight excluding hydrogens is 499 g/mol. The molecule has 6 atom stereocenters. The third kappa shape index (κ3) is 5.28. The third-order valence-electron chi connectivity index (χ3n) is 8.78. The minimum absolute atomic E-state index is 0.0122. The van der Waals surface area contributed by atoms with Crippen LogP contribution in [0.5, 0.6) is 0 Å². The number of ether oxygens (including phenoxy) is 2. The first-order valence-corrected chi connectivity index (χ1v) is 13.0. The predicted octanol–water partition coefficient (Wildman–Crippen LogP) is 4.17. The summed E-state index contributed by atoms with van der Waals surface area (Å²) in [5, 5.41) is 0. The van der Waals surface area contributed by atoms with E-state index in [0.717, 1.165) is 31.5 Å². The van der Waals surface area contributed by atoms with E-state index in [1.165, 1.54) is 0 Å². The maximum Gasteiger partial charge on any atom is 0.433 e. The lowest BCUT2D eigenvalue weighted by Gasteiger charge is -2.40. The highest BCUT2D eigenvalue weighted by Crippen LogP contribution is 2.51. The van der Waals surface area contributed by atoms with Crippen LogP contribution in [0.1, 0.15) is 50.6 Å². The van der Waals surface area contributed by atoms with E-state index in [4.69, 9.17) is 9.47 Å². The Morgan fingerprint density at radius 1 is 1.27 bits per heavy atom. The van der Waals surface area contributed by atoms with Gasteiger partial charge in [-0.15, -0.1) is 0 Å². The molecule has 3 aliphatic heterocycles. The Morgan fingerprint density at radius 2 is 2.08 bits per heavy atom. The Balaban J connectivity index is 1.27. The average Bonchev–Trinajstić information content (AvgIpc) is 3.58. The van der Waals surface area contributed by atoms with E-state index in [1.807, 2.05) is 0 Å². The predicted molar refractivity (Wildman–Crippen MR) is 123 cm³/mol. The van der Waals surface area contributed by atoms with Gasteiger partial charge in [0.1, 0.15) is 5.69 Å². The summed E-state index contributed by atoms with van der Waals surface area (Å²) in [4.78, 5) is 25.0. The number of alkyl halides is 5. The lowest BCUT2D eigenvalue weighted by Crippen LogP contribution is -2.53. The number of piperazine rings is 1. The Hall–Kier alpha value is -2.08. The topological polar surface area (TPSA) is 67.8 Å². The summed E-state index contributed by atoms with van der Waals surface area (Å²) >= 11 is 0. The Kier molecular flexibility index (Phi) is 7.34. The summed E-state index contributed by atoms with van der Waals surface area (Å²) in [6.45, 7) is 1.76. The van der Waals surface area contributed by atoms with Gasteiger partial charge in [0.05, 0.1) is 30.2 Å². The fraction of sp³-hybridized carbons (Fsp3) is 0.800. The highest BCUT2D eigenvalue weighted by atomic mass is 19.4. The van der Waals surface area contributed by atoms with Gasteiger partial charge in [-0.05, 0) is 56.4 Å². The van der Waals surface area contributed by atoms with Gasteiger partial charge in [0.25, 0.3) is 0 Å². The fourth-order valence-corrected chi connectivity index (χ4v) is 7.03. The van der Waals surface area contributed by atoms with Gasteiger partial charge < -0.3 is 19.3 Å². The van der Waals surface area contributed by atoms with Crippen LogP contribution in [0.4, 0.5) is 27.9 Å². The van der Waals surface area contributed by atoms with Crippen LogP contribution in [0, 0.1) is 17.3 Å². The van der Waals surface area contributed by atoms with Crippen LogP contribution in [0.25, 0.3) is 0 Å². The second kappa shape index (κ2) is 10.2. The molecular formula is C25H33F5N4O3. The van der Waals surface area contributed by atoms with E-state index in [0.29, 0.717) is 39.0 Å². The molecule has 0 spiro atoms. The van der Waals surface area contributed by atoms with Crippen molar-refractivity contribution in [2.75, 3.05) is 38.3 Å². The van der Waals surface area contributed by atoms with Crippen molar-refractivity contribution in [2.24, 2.45) is 17.3 Å². The van der Waals surface area contributed by atoms with Gasteiger partial charge in [-0.2, -0.15) is 13.2 Å². The first kappa shape index (κ1) is 26.5. The molecule has 2 bridgehead atoms. The molecule has 37 heavy (non-hydrogen) atoms. The molecule has 4 heterocycles. The molecule has 1 aromatic rings. The Labute approximate surface area is 212 Å². The van der Waals surface area contributed by atoms with E-state index in [1.54, 1.807) is 16.9 Å². The van der Waals surface area contributed by atoms with Gasteiger partial charge in [-0.3, -0.25) is 4.79 Å². The van der Waals surface area contributed by atoms with Gasteiger partial charge in [0.15, 0.2) is 0 Å². The molecule has 0 unspecified atom stereocenters. The lowest BCUT2D eigenvalue weighted by molar-refractivity contribution is -0.146. The molecule has 0 N–H and O–H groups in total. The highest BCUT2D eigenvalue weighted by molar-refractivity contribution is 5.84. The van der Waals surface area contributed by atoms with E-state index in [-0.39, 0.29) is 48.4 Å². The molecule has 0 radical (unpaired) electrons. The minimum atomic E-state index is -4.58. The van der Waals surface area contributed by atoms with E-state index in [9.17, 15) is 26.7 Å². The van der Waals surface area contributed by atoms with Crippen molar-refractivity contribution in [3.63, 3.8) is 0 Å². The number of methoxy groups -OCH3 is 1. The number of hydrogen-bond donors (Lipinski definition) is 0. The summed E-state index contributed by atoms with van der Waals surface area (Å²) < 4.78 is 77.9. The number of hydrogen-bond acceptors (Lipinski definition) is 6. The fourth-order valence-electron chi connectivity index (χ4n) is 7.03. The Bertz CT molecular complexity index is 982. The molecule has 1 amide bonds. The van der Waals surface area contributed by atoms with E-state index < -0.39 is 30.1 Å². The second-order valence-electron chi connectivity index (χ2n) is 11.0. The number of halogens is 5. The standard InChI is InChI=1S/C25H33F5N4O3/c1-36-19-14-37-7-4-16(19)8-15-2-5-24(10-15,11-21(26)27)22(35)33-12-18-9-17(33)13-34(18)23-31-6-3-20(32-23)25(28,29)30/h3,6,15-19,21H,2,4-5,7-14H2,1H3/t15-,16+,17-,18-,19+,24-/m0/s1. The van der Waals surface area contributed by atoms with Crippen LogP contribution in [0.3, 0.4) is 0 Å². The Morgan fingerprint density at radius 3 is 2.76 bits per heavy atom. The van der Waals surface area contributed by atoms with Gasteiger partial charge in [0, 0.05) is 39.4 Å². The molecule has 7 nitrogen and oxygen atoms in total. The summed E-state index contributed by atoms with van der Waals surface area (Å²) in [5.41, 5.74) is -2.12. The molecule has 4 fully saturated rings. The maximum atomic E-state index is 13.8. The van der Waals surface area contributed by atoms with Gasteiger partial charge in [-0.25, -0.2) is 18.7 Å². The van der Waals surface area contributed by atoms with Crippen LogP contribution < -0.4 is 4.90 Å². The number of fused-ring (bicyclic) bond motifs is 2. The normalized spacial score (nSPS) is 34.1. The third-order valence-corrected chi connectivity index (χ3v) is 8.78. The molecule has 5 rings (SSSR count). The number of anilines is 1. The number of amides is 1. The first-order chi connectivity index (χ1) is 17.6. The van der Waals surface area contributed by atoms with Gasteiger partial charge in [-0.1, -0.05) is 0 Å². The molecule has 206 valence electrons. The SMILES string of the molecule is CO[C@@H]1COCC[C@@H]1C[C@@H]1CC[C@](CC(F)F)(C(=O)N2C[C@@H]3C[C@H]2CN3c2nccc(C(F)(F)F)n2)C1. The number of likely N-dealkylation sites (tertiary alicyclic amines) is 1. The lowest BCUT2D eigenvalue weighted by atomic mass is 9.78. The van der Waals surface area contributed by atoms with Crippen LogP contribution in [-0.4, -0.2) is 78.8 Å². The van der Waals surface area contributed by atoms with Crippen LogP contribution in [0.15, 0.2) is 12.3 Å². The largest absolute Gasteiger partial charge is 0.433 e. The molecule has 1 saturated carbocycles. The number of aromatic nitrogens is 2. The highest BCUT2D eigenvalue weighted by Gasteiger charge is 2.54. The zero-order valence-corrected chi connectivity index (χ0v) is 20.8. The second-order valence-corrected chi connectivity index (χ2v) is 11.0. The van der Waals surface area contributed by atoms with Crippen molar-refractivity contribution in [1.29, 1.82) is 0 Å². The van der Waals surface area contributed by atoms with Crippen LogP contribution >= 0.6 is 0 Å². The molecule has 1 aliphatic carbocycles. The summed E-state index contributed by atoms with van der Waals surface area (Å²) in [5.74, 6) is 0.202. The van der Waals surface area contributed by atoms with E-state index in [2.05, 4.69) is 9.97 Å². The van der Waals surface area contributed by atoms with Crippen molar-refractivity contribution >= 4 is 11.9 Å². The molecule has 1 aromatic heterocycles. The summed E-state index contributed by atoms with van der Waals surface area (Å²) in [6, 6.07) is 0.341. The molecule has 3 saturated heterocycles. The van der Waals surface area contributed by atoms with Gasteiger partial charge >= 0.3 is 6.18 Å². The number of rotatable bonds is 7. The summed E-state index contributed by atoms with van der Waals surface area (Å²) in [6.07, 6.45) is -2.74. The smallest absolute Gasteiger partial charge is 0.379 e. The number of nitrogens with zero attached hydrogens (tertiary/aromatic N) is 4. The van der Waals surface area contributed by atoms with Gasteiger partial charge in [0.2, 0.25) is 18.3 Å². The van der Waals surface area contributed by atoms with Crippen molar-refractivity contribution in [2.45, 2.75) is 75.7 Å². The average molecular weight is 533 g/mol. The van der Waals surface area contributed by atoms with Crippen molar-refractivity contribution in [3.05, 3.63) is 18.0 Å². The quantitative estimate of drug-likeness (QED) is 0.492. The molecule has 4 aliphatic rings. The molecule has 0 aromatic carbocycles. The maximum absolute atomic E-state index is 13.8. The van der Waals surface area contributed by atoms with E-state index >= 15 is 0 Å². The van der Waals surface area contributed by atoms with Crippen LogP contribution in [-0.2, 0) is 20.4 Å². The van der Waals surface area contributed by atoms with Crippen molar-refractivity contribution in [1.82, 2.24) is 14.9 Å².